The quantitative estimate of drug-likeness (QED) is 0.779. The van der Waals surface area contributed by atoms with Crippen molar-refractivity contribution < 1.29 is 9.59 Å². The molecule has 0 spiro atoms. The van der Waals surface area contributed by atoms with Crippen LogP contribution in [0.15, 0.2) is 42.6 Å². The van der Waals surface area contributed by atoms with Crippen molar-refractivity contribution in [2.45, 2.75) is 0 Å². The van der Waals surface area contributed by atoms with Crippen molar-refractivity contribution in [1.82, 2.24) is 4.98 Å². The predicted molar refractivity (Wildman–Crippen MR) is 63.9 cm³/mol. The molecule has 1 heterocycles. The van der Waals surface area contributed by atoms with Crippen LogP contribution < -0.4 is 0 Å². The molecule has 0 bridgehead atoms. The number of nitrogens with zero attached hydrogens (tertiary/aromatic N) is 1. The van der Waals surface area contributed by atoms with E-state index >= 15 is 0 Å². The molecule has 1 aromatic heterocycles. The number of aromatic nitrogens is 1. The standard InChI is InChI=1S/C13H7ClNO2/c14-10-5-3-9(4-6-10)13(17)11-2-1-7-15-12(11)8-16/h1-7H. The van der Waals surface area contributed by atoms with Gasteiger partial charge in [0.15, 0.2) is 5.78 Å². The SMILES string of the molecule is O=[C]c1ncccc1C(=O)c1ccc(Cl)cc1. The van der Waals surface area contributed by atoms with Gasteiger partial charge in [-0.15, -0.1) is 0 Å². The van der Waals surface area contributed by atoms with Crippen molar-refractivity contribution >= 4 is 23.7 Å². The van der Waals surface area contributed by atoms with Gasteiger partial charge in [0.05, 0.1) is 5.56 Å². The summed E-state index contributed by atoms with van der Waals surface area (Å²) < 4.78 is 0. The Kier molecular flexibility index (Phi) is 3.30. The Balaban J connectivity index is 2.43. The Morgan fingerprint density at radius 2 is 1.88 bits per heavy atom. The third-order valence-corrected chi connectivity index (χ3v) is 2.51. The molecule has 17 heavy (non-hydrogen) atoms. The van der Waals surface area contributed by atoms with Crippen LogP contribution in [0.5, 0.6) is 0 Å². The summed E-state index contributed by atoms with van der Waals surface area (Å²) in [5, 5.41) is 0.551. The van der Waals surface area contributed by atoms with Crippen molar-refractivity contribution in [3.05, 3.63) is 64.4 Å². The summed E-state index contributed by atoms with van der Waals surface area (Å²) >= 11 is 5.73. The van der Waals surface area contributed by atoms with Crippen LogP contribution in [0.3, 0.4) is 0 Å². The highest BCUT2D eigenvalue weighted by Crippen LogP contribution is 2.14. The average molecular weight is 245 g/mol. The lowest BCUT2D eigenvalue weighted by molar-refractivity contribution is 0.103. The maximum atomic E-state index is 12.1. The maximum absolute atomic E-state index is 12.1. The monoisotopic (exact) mass is 244 g/mol. The van der Waals surface area contributed by atoms with E-state index in [9.17, 15) is 9.59 Å². The first-order chi connectivity index (χ1) is 8.22. The molecule has 0 aliphatic carbocycles. The number of ketones is 1. The minimum Gasteiger partial charge on any atom is -0.289 e. The predicted octanol–water partition coefficient (Wildman–Crippen LogP) is 2.42. The fourth-order valence-corrected chi connectivity index (χ4v) is 1.55. The highest BCUT2D eigenvalue weighted by Gasteiger charge is 2.14. The minimum absolute atomic E-state index is 0.0208. The summed E-state index contributed by atoms with van der Waals surface area (Å²) in [4.78, 5) is 26.5. The molecule has 0 unspecified atom stereocenters. The fraction of sp³-hybridized carbons (Fsp3) is 0. The molecule has 0 aliphatic heterocycles. The van der Waals surface area contributed by atoms with Gasteiger partial charge in [-0.2, -0.15) is 0 Å². The van der Waals surface area contributed by atoms with Crippen molar-refractivity contribution in [3.8, 4) is 0 Å². The zero-order valence-electron chi connectivity index (χ0n) is 8.68. The molecule has 83 valence electrons. The van der Waals surface area contributed by atoms with Crippen LogP contribution in [0.4, 0.5) is 0 Å². The second-order valence-electron chi connectivity index (χ2n) is 3.34. The van der Waals surface area contributed by atoms with E-state index in [0.717, 1.165) is 0 Å². The largest absolute Gasteiger partial charge is 0.289 e. The molecule has 0 aliphatic rings. The molecule has 0 saturated heterocycles. The van der Waals surface area contributed by atoms with Crippen LogP contribution in [0.1, 0.15) is 21.6 Å². The average Bonchev–Trinajstić information content (AvgIpc) is 2.39. The zero-order valence-corrected chi connectivity index (χ0v) is 9.44. The van der Waals surface area contributed by atoms with Gasteiger partial charge in [0, 0.05) is 16.8 Å². The molecule has 0 N–H and O–H groups in total. The van der Waals surface area contributed by atoms with E-state index in [1.807, 2.05) is 0 Å². The Morgan fingerprint density at radius 3 is 2.53 bits per heavy atom. The third kappa shape index (κ3) is 2.40. The van der Waals surface area contributed by atoms with E-state index in [0.29, 0.717) is 10.6 Å². The maximum Gasteiger partial charge on any atom is 0.254 e. The number of halogens is 1. The molecule has 0 atom stereocenters. The topological polar surface area (TPSA) is 47.0 Å². The highest BCUT2D eigenvalue weighted by atomic mass is 35.5. The van der Waals surface area contributed by atoms with E-state index in [1.54, 1.807) is 42.7 Å². The van der Waals surface area contributed by atoms with Crippen molar-refractivity contribution in [2.24, 2.45) is 0 Å². The van der Waals surface area contributed by atoms with Crippen molar-refractivity contribution in [1.29, 1.82) is 0 Å². The number of rotatable bonds is 3. The lowest BCUT2D eigenvalue weighted by Crippen LogP contribution is -2.06. The van der Waals surface area contributed by atoms with Crippen LogP contribution in [0, 0.1) is 0 Å². The number of hydrogen-bond donors (Lipinski definition) is 0. The van der Waals surface area contributed by atoms with Crippen LogP contribution in [-0.4, -0.2) is 17.1 Å². The van der Waals surface area contributed by atoms with Gasteiger partial charge in [0.1, 0.15) is 5.69 Å². The molecule has 0 fully saturated rings. The number of carbonyl (C=O) groups excluding carboxylic acids is 2. The molecule has 3 nitrogen and oxygen atoms in total. The van der Waals surface area contributed by atoms with Gasteiger partial charge in [-0.25, -0.2) is 0 Å². The van der Waals surface area contributed by atoms with Gasteiger partial charge < -0.3 is 0 Å². The molecule has 2 aromatic rings. The fourth-order valence-electron chi connectivity index (χ4n) is 1.43. The molecule has 4 heteroatoms. The van der Waals surface area contributed by atoms with Crippen LogP contribution >= 0.6 is 11.6 Å². The first-order valence-corrected chi connectivity index (χ1v) is 5.23. The number of carbonyl (C=O) groups is 1. The lowest BCUT2D eigenvalue weighted by atomic mass is 10.0. The summed E-state index contributed by atoms with van der Waals surface area (Å²) in [5.41, 5.74) is 0.719. The smallest absolute Gasteiger partial charge is 0.254 e. The Labute approximate surface area is 103 Å². The Hall–Kier alpha value is -2.00. The summed E-state index contributed by atoms with van der Waals surface area (Å²) in [6.07, 6.45) is 3.09. The van der Waals surface area contributed by atoms with E-state index < -0.39 is 0 Å². The van der Waals surface area contributed by atoms with Gasteiger partial charge in [0.25, 0.3) is 6.29 Å². The molecular weight excluding hydrogens is 238 g/mol. The number of pyridine rings is 1. The molecule has 1 aromatic carbocycles. The second-order valence-corrected chi connectivity index (χ2v) is 3.77. The first kappa shape index (κ1) is 11.5. The molecule has 0 saturated carbocycles. The lowest BCUT2D eigenvalue weighted by Gasteiger charge is -2.02. The van der Waals surface area contributed by atoms with Gasteiger partial charge in [0.2, 0.25) is 0 Å². The van der Waals surface area contributed by atoms with Crippen LogP contribution in [0.2, 0.25) is 5.02 Å². The molecule has 0 amide bonds. The summed E-state index contributed by atoms with van der Waals surface area (Å²) in [6, 6.07) is 9.59. The number of benzene rings is 1. The van der Waals surface area contributed by atoms with Gasteiger partial charge in [-0.3, -0.25) is 14.6 Å². The van der Waals surface area contributed by atoms with E-state index in [-0.39, 0.29) is 17.0 Å². The zero-order chi connectivity index (χ0) is 12.3. The summed E-state index contributed by atoms with van der Waals surface area (Å²) in [7, 11) is 0. The Bertz CT molecular complexity index is 564. The van der Waals surface area contributed by atoms with Crippen LogP contribution in [-0.2, 0) is 4.79 Å². The van der Waals surface area contributed by atoms with E-state index in [1.165, 1.54) is 6.20 Å². The van der Waals surface area contributed by atoms with E-state index in [4.69, 9.17) is 11.6 Å². The molecule has 1 radical (unpaired) electrons. The Morgan fingerprint density at radius 1 is 1.18 bits per heavy atom. The minimum atomic E-state index is -0.270. The van der Waals surface area contributed by atoms with Crippen molar-refractivity contribution in [3.63, 3.8) is 0 Å². The van der Waals surface area contributed by atoms with Gasteiger partial charge in [-0.05, 0) is 36.4 Å². The van der Waals surface area contributed by atoms with Crippen LogP contribution in [0.25, 0.3) is 0 Å². The summed E-state index contributed by atoms with van der Waals surface area (Å²) in [5.74, 6) is -0.270. The van der Waals surface area contributed by atoms with E-state index in [2.05, 4.69) is 4.98 Å². The van der Waals surface area contributed by atoms with Crippen molar-refractivity contribution in [2.75, 3.05) is 0 Å². The second kappa shape index (κ2) is 4.89. The molecular formula is C13H7ClNO2. The summed E-state index contributed by atoms with van der Waals surface area (Å²) in [6.45, 7) is 0. The highest BCUT2D eigenvalue weighted by molar-refractivity contribution is 6.30. The van der Waals surface area contributed by atoms with Gasteiger partial charge in [-0.1, -0.05) is 11.6 Å². The normalized spacial score (nSPS) is 9.94. The first-order valence-electron chi connectivity index (χ1n) is 4.86. The number of hydrogen-bond acceptors (Lipinski definition) is 3. The van der Waals surface area contributed by atoms with Gasteiger partial charge >= 0.3 is 0 Å². The third-order valence-electron chi connectivity index (χ3n) is 2.26. The molecule has 2 rings (SSSR count).